The number of para-hydroxylation sites is 1. The van der Waals surface area contributed by atoms with Crippen molar-refractivity contribution in [1.29, 1.82) is 5.26 Å². The minimum atomic E-state index is -0.822. The first-order valence-corrected chi connectivity index (χ1v) is 9.44. The summed E-state index contributed by atoms with van der Waals surface area (Å²) in [5.74, 6) is -0.499. The van der Waals surface area contributed by atoms with E-state index in [2.05, 4.69) is 0 Å². The van der Waals surface area contributed by atoms with Crippen LogP contribution in [0.25, 0.3) is 0 Å². The summed E-state index contributed by atoms with van der Waals surface area (Å²) >= 11 is 0. The van der Waals surface area contributed by atoms with Crippen molar-refractivity contribution in [2.75, 3.05) is 11.5 Å². The molecule has 1 atom stereocenters. The minimum Gasteiger partial charge on any atom is -0.484 e. The lowest BCUT2D eigenvalue weighted by Gasteiger charge is -2.27. The molecule has 2 aromatic carbocycles. The average molecular weight is 389 g/mol. The Hall–Kier alpha value is -3.66. The molecule has 0 bridgehead atoms. The van der Waals surface area contributed by atoms with Crippen molar-refractivity contribution < 1.29 is 19.1 Å². The number of ether oxygens (including phenoxy) is 1. The second-order valence-electron chi connectivity index (χ2n) is 7.08. The number of carbonyl (C=O) groups excluding carboxylic acids is 3. The van der Waals surface area contributed by atoms with Gasteiger partial charge in [-0.15, -0.1) is 0 Å². The zero-order valence-corrected chi connectivity index (χ0v) is 15.7. The predicted molar refractivity (Wildman–Crippen MR) is 104 cm³/mol. The van der Waals surface area contributed by atoms with E-state index in [1.807, 2.05) is 24.3 Å². The van der Waals surface area contributed by atoms with Crippen molar-refractivity contribution in [3.05, 3.63) is 60.2 Å². The molecule has 2 fully saturated rings. The van der Waals surface area contributed by atoms with Gasteiger partial charge in [0.25, 0.3) is 11.8 Å². The van der Waals surface area contributed by atoms with E-state index in [-0.39, 0.29) is 30.9 Å². The molecule has 0 spiro atoms. The number of amides is 3. The molecule has 2 aromatic rings. The van der Waals surface area contributed by atoms with Crippen molar-refractivity contribution in [3.63, 3.8) is 0 Å². The van der Waals surface area contributed by atoms with Crippen LogP contribution in [0.2, 0.25) is 0 Å². The number of hydrogen-bond acceptors (Lipinski definition) is 5. The van der Waals surface area contributed by atoms with Gasteiger partial charge in [-0.1, -0.05) is 18.2 Å². The second kappa shape index (κ2) is 7.76. The Balaban J connectivity index is 1.50. The van der Waals surface area contributed by atoms with E-state index >= 15 is 0 Å². The van der Waals surface area contributed by atoms with Gasteiger partial charge in [0.15, 0.2) is 6.61 Å². The molecule has 0 aromatic heterocycles. The van der Waals surface area contributed by atoms with Crippen LogP contribution in [0.1, 0.15) is 24.8 Å². The van der Waals surface area contributed by atoms with Gasteiger partial charge in [0.1, 0.15) is 11.8 Å². The van der Waals surface area contributed by atoms with Gasteiger partial charge < -0.3 is 9.64 Å². The van der Waals surface area contributed by atoms with Crippen LogP contribution in [0.15, 0.2) is 54.6 Å². The fraction of sp³-hybridized carbons (Fsp3) is 0.273. The SMILES string of the molecule is N#Cc1ccc(N2C(=O)CC(N(C(=O)COc3ccccc3)C3CC3)C2=O)cc1. The molecule has 1 aliphatic carbocycles. The van der Waals surface area contributed by atoms with Gasteiger partial charge in [-0.25, -0.2) is 4.90 Å². The third kappa shape index (κ3) is 3.83. The summed E-state index contributed by atoms with van der Waals surface area (Å²) in [6.07, 6.45) is 1.57. The molecule has 1 saturated carbocycles. The van der Waals surface area contributed by atoms with Crippen LogP contribution in [0.5, 0.6) is 5.75 Å². The molecule has 1 saturated heterocycles. The summed E-state index contributed by atoms with van der Waals surface area (Å²) < 4.78 is 5.55. The lowest BCUT2D eigenvalue weighted by atomic mass is 10.2. The van der Waals surface area contributed by atoms with E-state index in [0.29, 0.717) is 17.0 Å². The molecule has 1 unspecified atom stereocenters. The number of hydrogen-bond donors (Lipinski definition) is 0. The smallest absolute Gasteiger partial charge is 0.261 e. The van der Waals surface area contributed by atoms with E-state index in [1.54, 1.807) is 36.4 Å². The second-order valence-corrected chi connectivity index (χ2v) is 7.08. The lowest BCUT2D eigenvalue weighted by molar-refractivity contribution is -0.140. The summed E-state index contributed by atoms with van der Waals surface area (Å²) in [6.45, 7) is -0.185. The predicted octanol–water partition coefficient (Wildman–Crippen LogP) is 2.26. The number of anilines is 1. The zero-order valence-electron chi connectivity index (χ0n) is 15.7. The van der Waals surface area contributed by atoms with Crippen LogP contribution >= 0.6 is 0 Å². The molecule has 29 heavy (non-hydrogen) atoms. The highest BCUT2D eigenvalue weighted by Crippen LogP contribution is 2.34. The third-order valence-electron chi connectivity index (χ3n) is 5.05. The number of nitrogens with zero attached hydrogens (tertiary/aromatic N) is 3. The van der Waals surface area contributed by atoms with Gasteiger partial charge in [-0.05, 0) is 49.2 Å². The monoisotopic (exact) mass is 389 g/mol. The summed E-state index contributed by atoms with van der Waals surface area (Å²) in [5.41, 5.74) is 0.850. The molecule has 0 N–H and O–H groups in total. The maximum atomic E-state index is 13.0. The number of rotatable bonds is 6. The highest BCUT2D eigenvalue weighted by molar-refractivity contribution is 6.23. The Labute approximate surface area is 168 Å². The van der Waals surface area contributed by atoms with Gasteiger partial charge >= 0.3 is 0 Å². The van der Waals surface area contributed by atoms with E-state index in [9.17, 15) is 14.4 Å². The lowest BCUT2D eigenvalue weighted by Crippen LogP contribution is -2.48. The first-order chi connectivity index (χ1) is 14.1. The van der Waals surface area contributed by atoms with Gasteiger partial charge in [0.05, 0.1) is 23.7 Å². The number of benzene rings is 2. The van der Waals surface area contributed by atoms with E-state index < -0.39 is 11.9 Å². The minimum absolute atomic E-state index is 0.0375. The van der Waals surface area contributed by atoms with Crippen molar-refractivity contribution in [2.45, 2.75) is 31.3 Å². The first-order valence-electron chi connectivity index (χ1n) is 9.44. The number of imide groups is 1. The summed E-state index contributed by atoms with van der Waals surface area (Å²) in [7, 11) is 0. The number of carbonyl (C=O) groups is 3. The molecule has 7 heteroatoms. The van der Waals surface area contributed by atoms with Crippen LogP contribution in [0.3, 0.4) is 0 Å². The molecule has 4 rings (SSSR count). The quantitative estimate of drug-likeness (QED) is 0.707. The topological polar surface area (TPSA) is 90.7 Å². The Morgan fingerprint density at radius 3 is 2.41 bits per heavy atom. The van der Waals surface area contributed by atoms with E-state index in [1.165, 1.54) is 4.90 Å². The molecule has 1 heterocycles. The molecule has 1 aliphatic heterocycles. The van der Waals surface area contributed by atoms with Crippen LogP contribution in [-0.4, -0.2) is 41.3 Å². The maximum absolute atomic E-state index is 13.0. The van der Waals surface area contributed by atoms with Gasteiger partial charge in [0, 0.05) is 6.04 Å². The summed E-state index contributed by atoms with van der Waals surface area (Å²) in [6, 6.07) is 16.4. The third-order valence-corrected chi connectivity index (χ3v) is 5.05. The molecule has 0 radical (unpaired) electrons. The zero-order chi connectivity index (χ0) is 20.4. The summed E-state index contributed by atoms with van der Waals surface area (Å²) in [4.78, 5) is 41.1. The highest BCUT2D eigenvalue weighted by Gasteiger charge is 2.48. The molecule has 2 aliphatic rings. The van der Waals surface area contributed by atoms with E-state index in [0.717, 1.165) is 17.7 Å². The van der Waals surface area contributed by atoms with Gasteiger partial charge in [-0.3, -0.25) is 14.4 Å². The molecule has 146 valence electrons. The van der Waals surface area contributed by atoms with Gasteiger partial charge in [-0.2, -0.15) is 5.26 Å². The van der Waals surface area contributed by atoms with Crippen LogP contribution in [-0.2, 0) is 14.4 Å². The molecular weight excluding hydrogens is 370 g/mol. The largest absolute Gasteiger partial charge is 0.484 e. The van der Waals surface area contributed by atoms with E-state index in [4.69, 9.17) is 10.00 Å². The fourth-order valence-electron chi connectivity index (χ4n) is 3.51. The van der Waals surface area contributed by atoms with Crippen LogP contribution < -0.4 is 9.64 Å². The maximum Gasteiger partial charge on any atom is 0.261 e. The number of nitriles is 1. The Morgan fingerprint density at radius 1 is 1.10 bits per heavy atom. The fourth-order valence-corrected chi connectivity index (χ4v) is 3.51. The van der Waals surface area contributed by atoms with Crippen molar-refractivity contribution in [2.24, 2.45) is 0 Å². The van der Waals surface area contributed by atoms with Crippen molar-refractivity contribution in [1.82, 2.24) is 4.90 Å². The Kier molecular flexibility index (Phi) is 5.00. The summed E-state index contributed by atoms with van der Waals surface area (Å²) in [5, 5.41) is 8.92. The highest BCUT2D eigenvalue weighted by atomic mass is 16.5. The molecular formula is C22H19N3O4. The molecule has 3 amide bonds. The Morgan fingerprint density at radius 2 is 1.79 bits per heavy atom. The Bertz CT molecular complexity index is 977. The first kappa shape index (κ1) is 18.7. The van der Waals surface area contributed by atoms with Gasteiger partial charge in [0.2, 0.25) is 5.91 Å². The standard InChI is InChI=1S/C22H19N3O4/c23-13-15-6-8-17(9-7-15)25-20(26)12-19(22(25)28)24(16-10-11-16)21(27)14-29-18-4-2-1-3-5-18/h1-9,16,19H,10-12,14H2. The molecule has 7 nitrogen and oxygen atoms in total. The van der Waals surface area contributed by atoms with Crippen LogP contribution in [0.4, 0.5) is 5.69 Å². The normalized spacial score (nSPS) is 18.4. The van der Waals surface area contributed by atoms with Crippen LogP contribution in [0, 0.1) is 11.3 Å². The van der Waals surface area contributed by atoms with Crippen molar-refractivity contribution >= 4 is 23.4 Å². The van der Waals surface area contributed by atoms with Crippen molar-refractivity contribution in [3.8, 4) is 11.8 Å². The average Bonchev–Trinajstić information content (AvgIpc) is 3.53.